The minimum absolute atomic E-state index is 0.0116. The number of hydrogen-bond donors (Lipinski definition) is 21. The second-order valence-electron chi connectivity index (χ2n) is 28.3. The van der Waals surface area contributed by atoms with Crippen molar-refractivity contribution in [1.29, 1.82) is 5.41 Å². The number of nitrogens with two attached hydrogens (primary N) is 3. The number of imidazole rings is 3. The number of guanidine groups is 1. The van der Waals surface area contributed by atoms with Crippen molar-refractivity contribution in [2.24, 2.45) is 24.2 Å². The van der Waals surface area contributed by atoms with E-state index in [0.717, 1.165) is 22.0 Å². The maximum atomic E-state index is 15.3. The van der Waals surface area contributed by atoms with E-state index in [0.29, 0.717) is 27.8 Å². The van der Waals surface area contributed by atoms with Gasteiger partial charge in [-0.1, -0.05) is 91.9 Å². The molecule has 42 heteroatoms. The lowest BCUT2D eigenvalue weighted by atomic mass is 9.97. The SMILES string of the molecule is CC[C@@H]1NC(=O)[C@H](Cc2ccccc2)NC(=O)CSC[C@@H](C(=O)NCC(N)=O)NC(=O)[C@H](Cc2cncn2C)NC(=O)[C@H](CCC(N)=O)NC(=O)[C@H](Cc2c[nH]cn2)NC(=O)[C@H](Cc2ccc(O)cc2)N(C)C(=O)[C@H](CCCNC(=N)N)NC(=O)[C@H](CO)NC(=O)CNC(=O)[C@H](Cc2c[nH]cn2)NC(=O)[C@H](Cc2cccc3ccccc23)NC1=O. The molecule has 15 amide bonds. The van der Waals surface area contributed by atoms with Crippen molar-refractivity contribution in [3.05, 3.63) is 168 Å². The number of benzene rings is 4. The first-order chi connectivity index (χ1) is 57.4. The highest BCUT2D eigenvalue weighted by Crippen LogP contribution is 2.22. The number of H-pyrrole nitrogens is 2. The van der Waals surface area contributed by atoms with Crippen LogP contribution in [0.5, 0.6) is 5.75 Å². The zero-order valence-electron chi connectivity index (χ0n) is 66.0. The molecule has 3 aromatic heterocycles. The van der Waals surface area contributed by atoms with Crippen molar-refractivity contribution < 1.29 is 82.1 Å². The highest BCUT2D eigenvalue weighted by atomic mass is 32.2. The number of aromatic amines is 2. The number of aryl methyl sites for hydroxylation is 1. The number of carbonyl (C=O) groups excluding carboxylic acids is 15. The van der Waals surface area contributed by atoms with E-state index in [1.54, 1.807) is 74.6 Å². The largest absolute Gasteiger partial charge is 0.508 e. The van der Waals surface area contributed by atoms with Gasteiger partial charge in [-0.2, -0.15) is 0 Å². The zero-order chi connectivity index (χ0) is 87.0. The van der Waals surface area contributed by atoms with Crippen LogP contribution in [0.2, 0.25) is 0 Å². The van der Waals surface area contributed by atoms with E-state index < -0.39 is 211 Å². The summed E-state index contributed by atoms with van der Waals surface area (Å²) in [7, 11) is 2.77. The molecule has 1 aliphatic heterocycles. The summed E-state index contributed by atoms with van der Waals surface area (Å²) in [5.41, 5.74) is 18.8. The Balaban J connectivity index is 1.19. The van der Waals surface area contributed by atoms with E-state index in [4.69, 9.17) is 22.6 Å². The summed E-state index contributed by atoms with van der Waals surface area (Å²) < 4.78 is 1.50. The summed E-state index contributed by atoms with van der Waals surface area (Å²) in [6.45, 7) is -1.22. The predicted molar refractivity (Wildman–Crippen MR) is 434 cm³/mol. The lowest BCUT2D eigenvalue weighted by Crippen LogP contribution is -2.61. The van der Waals surface area contributed by atoms with E-state index in [9.17, 15) is 63.0 Å². The van der Waals surface area contributed by atoms with Crippen LogP contribution in [-0.4, -0.2) is 250 Å². The first-order valence-corrected chi connectivity index (χ1v) is 39.5. The normalized spacial score (nSPS) is 21.9. The molecule has 0 aliphatic carbocycles. The highest BCUT2D eigenvalue weighted by molar-refractivity contribution is 8.00. The molecule has 24 N–H and O–H groups in total. The summed E-state index contributed by atoms with van der Waals surface area (Å²) in [6, 6.07) is 8.55. The first kappa shape index (κ1) is 91.7. The topological polar surface area (TPSA) is 633 Å². The fourth-order valence-electron chi connectivity index (χ4n) is 12.8. The number of nitrogens with zero attached hydrogens (tertiary/aromatic N) is 5. The average molecular weight is 1680 g/mol. The molecule has 8 rings (SSSR count). The van der Waals surface area contributed by atoms with Gasteiger partial charge in [-0.15, -0.1) is 11.8 Å². The molecule has 4 aromatic carbocycles. The van der Waals surface area contributed by atoms with E-state index in [2.05, 4.69) is 94.0 Å². The van der Waals surface area contributed by atoms with Gasteiger partial charge in [0, 0.05) is 95.6 Å². The molecule has 7 aromatic rings. The molecule has 0 spiro atoms. The fraction of sp³-hybridized carbons (Fsp3) is 0.397. The lowest BCUT2D eigenvalue weighted by Gasteiger charge is -2.33. The Labute approximate surface area is 692 Å². The van der Waals surface area contributed by atoms with Crippen LogP contribution in [0.3, 0.4) is 0 Å². The van der Waals surface area contributed by atoms with Gasteiger partial charge in [0.05, 0.1) is 55.8 Å². The van der Waals surface area contributed by atoms with Crippen molar-refractivity contribution in [1.82, 2.24) is 104 Å². The predicted octanol–water partition coefficient (Wildman–Crippen LogP) is -5.45. The molecule has 11 atom stereocenters. The third-order valence-electron chi connectivity index (χ3n) is 19.3. The third-order valence-corrected chi connectivity index (χ3v) is 20.4. The summed E-state index contributed by atoms with van der Waals surface area (Å²) in [5.74, 6) is -16.5. The van der Waals surface area contributed by atoms with Gasteiger partial charge in [0.25, 0.3) is 0 Å². The molecule has 1 aliphatic rings. The number of phenols is 1. The van der Waals surface area contributed by atoms with Crippen LogP contribution in [0.25, 0.3) is 10.8 Å². The number of aliphatic hydroxyl groups excluding tert-OH is 1. The molecule has 1 fully saturated rings. The Morgan fingerprint density at radius 3 is 1.70 bits per heavy atom. The minimum atomic E-state index is -1.86. The van der Waals surface area contributed by atoms with Crippen molar-refractivity contribution in [3.63, 3.8) is 0 Å². The minimum Gasteiger partial charge on any atom is -0.508 e. The zero-order valence-corrected chi connectivity index (χ0v) is 66.8. The second kappa shape index (κ2) is 45.6. The smallest absolute Gasteiger partial charge is 0.245 e. The van der Waals surface area contributed by atoms with E-state index >= 15 is 19.2 Å². The standard InChI is InChI=1S/C78H100N24O17S/c1-4-52-69(111)96-56(28-46-16-10-15-45-14-8-9-17-51(45)46)72(114)97-57(29-47-32-83-40-89-47)67(109)88-36-65(107)92-60(37-103)75(117)95-54(18-11-25-86-78(81)82)77(119)102(3)62(27-44-19-21-50(104)22-20-44)76(118)99-58(30-48-33-84-41-90-48)73(115)94-53(23-24-63(79)105)70(112)98-59(31-49-34-85-42-101(49)2)74(116)100-61(68(110)87-35-64(80)106)38-120-39-66(108)91-55(71(113)93-52)26-43-12-6-5-7-13-43/h5-10,12-17,19-22,32-34,40-42,52-62,103-104H,4,11,18,23-31,35-39H2,1-3H3,(H2,79,105)(H2,80,106)(H,83,89)(H,84,90)(H,87,110)(H,88,109)(H,91,108)(H,92,107)(H,93,113)(H,94,115)(H,95,117)(H,96,111)(H,97,114)(H,98,112)(H,99,118)(H,100,116)(H4,81,82,86)/t52-,53-,54-,55-,56-,57-,58-,59-,60-,61-,62-/m0/s1. The number of aliphatic hydroxyl groups is 1. The molecule has 0 saturated carbocycles. The van der Waals surface area contributed by atoms with Gasteiger partial charge < -0.3 is 116 Å². The first-order valence-electron chi connectivity index (χ1n) is 38.3. The summed E-state index contributed by atoms with van der Waals surface area (Å²) in [4.78, 5) is 235. The lowest BCUT2D eigenvalue weighted by molar-refractivity contribution is -0.143. The maximum absolute atomic E-state index is 15.3. The van der Waals surface area contributed by atoms with Gasteiger partial charge in [0.15, 0.2) is 5.96 Å². The number of primary amides is 2. The number of thioether (sulfide) groups is 1. The van der Waals surface area contributed by atoms with Gasteiger partial charge in [0.1, 0.15) is 72.2 Å². The van der Waals surface area contributed by atoms with Gasteiger partial charge in [-0.3, -0.25) is 77.3 Å². The average Bonchev–Trinajstić information content (AvgIpc) is 1.04. The fourth-order valence-corrected chi connectivity index (χ4v) is 13.7. The monoisotopic (exact) mass is 1680 g/mol. The van der Waals surface area contributed by atoms with Crippen LogP contribution >= 0.6 is 11.8 Å². The molecule has 0 bridgehead atoms. The van der Waals surface area contributed by atoms with Gasteiger partial charge in [-0.25, -0.2) is 15.0 Å². The number of carbonyl (C=O) groups is 15. The third kappa shape index (κ3) is 28.5. The Kier molecular flexibility index (Phi) is 34.9. The summed E-state index contributed by atoms with van der Waals surface area (Å²) in [6.07, 6.45) is 4.81. The molecule has 640 valence electrons. The molecule has 4 heterocycles. The van der Waals surface area contributed by atoms with E-state index in [1.807, 2.05) is 12.1 Å². The number of amides is 15. The molecule has 0 radical (unpaired) electrons. The van der Waals surface area contributed by atoms with Crippen molar-refractivity contribution in [2.45, 2.75) is 144 Å². The van der Waals surface area contributed by atoms with Crippen molar-refractivity contribution >= 4 is 117 Å². The quantitative estimate of drug-likeness (QED) is 0.0152. The molecule has 120 heavy (non-hydrogen) atoms. The number of aromatic nitrogens is 6. The van der Waals surface area contributed by atoms with Crippen molar-refractivity contribution in [3.8, 4) is 5.75 Å². The van der Waals surface area contributed by atoms with Gasteiger partial charge in [0.2, 0.25) is 88.6 Å². The Morgan fingerprint density at radius 1 is 0.550 bits per heavy atom. The molecular formula is C78H100N24O17S. The molecular weight excluding hydrogens is 1580 g/mol. The van der Waals surface area contributed by atoms with Crippen LogP contribution in [0.1, 0.15) is 72.8 Å². The van der Waals surface area contributed by atoms with Crippen LogP contribution in [-0.2, 0) is 117 Å². The van der Waals surface area contributed by atoms with Crippen molar-refractivity contribution in [2.75, 3.05) is 44.8 Å². The number of fused-ring (bicyclic) bond motifs is 1. The van der Waals surface area contributed by atoms with Gasteiger partial charge in [-0.05, 0) is 65.3 Å². The molecule has 0 unspecified atom stereocenters. The molecule has 1 saturated heterocycles. The Morgan fingerprint density at radius 2 is 1.09 bits per heavy atom. The maximum Gasteiger partial charge on any atom is 0.245 e. The van der Waals surface area contributed by atoms with E-state index in [-0.39, 0.29) is 75.0 Å². The number of nitrogens with one attached hydrogen (secondary N) is 16. The number of hydrogen-bond acceptors (Lipinski definition) is 22. The van der Waals surface area contributed by atoms with Crippen LogP contribution < -0.4 is 86.3 Å². The number of aromatic hydroxyl groups is 1. The van der Waals surface area contributed by atoms with Crippen LogP contribution in [0.15, 0.2) is 135 Å². The van der Waals surface area contributed by atoms with Gasteiger partial charge >= 0.3 is 0 Å². The number of phenolic OH excluding ortho intramolecular Hbond substituents is 1. The summed E-state index contributed by atoms with van der Waals surface area (Å²) >= 11 is 0.779. The number of likely N-dealkylation sites (N-methyl/N-ethyl adjacent to an activating group) is 1. The van der Waals surface area contributed by atoms with Crippen LogP contribution in [0, 0.1) is 5.41 Å². The Hall–Kier alpha value is -13.8. The highest BCUT2D eigenvalue weighted by Gasteiger charge is 2.39. The molecule has 41 nitrogen and oxygen atoms in total. The van der Waals surface area contributed by atoms with Crippen LogP contribution in [0.4, 0.5) is 0 Å². The Bertz CT molecular complexity index is 4740. The second-order valence-corrected chi connectivity index (χ2v) is 29.4. The number of rotatable bonds is 24. The van der Waals surface area contributed by atoms with E-state index in [1.165, 1.54) is 73.5 Å². The summed E-state index contributed by atoms with van der Waals surface area (Å²) in [5, 5.41) is 63.7.